The summed E-state index contributed by atoms with van der Waals surface area (Å²) in [4.78, 5) is 40.3. The second kappa shape index (κ2) is 7.37. The van der Waals surface area contributed by atoms with Crippen LogP contribution < -0.4 is 11.1 Å². The summed E-state index contributed by atoms with van der Waals surface area (Å²) in [5.41, 5.74) is 5.35. The Morgan fingerprint density at radius 1 is 1.31 bits per heavy atom. The molecule has 2 aliphatic heterocycles. The van der Waals surface area contributed by atoms with Gasteiger partial charge < -0.3 is 24.9 Å². The van der Waals surface area contributed by atoms with Gasteiger partial charge in [0.2, 0.25) is 11.8 Å². The zero-order valence-corrected chi connectivity index (χ0v) is 18.7. The molecular weight excluding hydrogens is 480 g/mol. The Labute approximate surface area is 191 Å². The van der Waals surface area contributed by atoms with Crippen molar-refractivity contribution < 1.29 is 28.3 Å². The minimum atomic E-state index is -1.76. The predicted octanol–water partition coefficient (Wildman–Crippen LogP) is 3.40. The van der Waals surface area contributed by atoms with Gasteiger partial charge in [0.15, 0.2) is 5.78 Å². The maximum atomic E-state index is 13.6. The quantitative estimate of drug-likeness (QED) is 0.621. The fourth-order valence-electron chi connectivity index (χ4n) is 4.84. The number of hydrogen-bond donors (Lipinski definition) is 2. The van der Waals surface area contributed by atoms with E-state index in [1.807, 2.05) is 0 Å². The van der Waals surface area contributed by atoms with Crippen LogP contribution in [0.25, 0.3) is 0 Å². The standard InChI is InChI=1S/C23H19BrN2O6/c1-2-30-21(28)19-20(25)32-17-9-11(16-4-3-7-31-16)8-15(27)18(17)23(19)13-10-12(24)5-6-14(13)26-22(23)29/h3-7,10-11H,2,8-9,25H2,1H3,(H,26,29)/t11-,23-/m0/s1. The number of amides is 1. The Morgan fingerprint density at radius 3 is 2.84 bits per heavy atom. The van der Waals surface area contributed by atoms with Crippen LogP contribution in [0.4, 0.5) is 5.69 Å². The van der Waals surface area contributed by atoms with Gasteiger partial charge in [-0.25, -0.2) is 4.79 Å². The Kier molecular flexibility index (Phi) is 4.74. The maximum absolute atomic E-state index is 13.6. The highest BCUT2D eigenvalue weighted by molar-refractivity contribution is 9.10. The lowest BCUT2D eigenvalue weighted by Crippen LogP contribution is -2.49. The van der Waals surface area contributed by atoms with E-state index in [0.717, 1.165) is 0 Å². The molecule has 1 spiro atoms. The molecule has 3 aliphatic rings. The molecule has 164 valence electrons. The largest absolute Gasteiger partial charge is 0.469 e. The van der Waals surface area contributed by atoms with Crippen LogP contribution in [0, 0.1) is 0 Å². The van der Waals surface area contributed by atoms with E-state index in [-0.39, 0.29) is 47.5 Å². The van der Waals surface area contributed by atoms with Crippen molar-refractivity contribution in [2.45, 2.75) is 31.1 Å². The molecular formula is C23H19BrN2O6. The summed E-state index contributed by atoms with van der Waals surface area (Å²) in [5.74, 6) is -1.28. The smallest absolute Gasteiger partial charge is 0.341 e. The van der Waals surface area contributed by atoms with E-state index in [1.54, 1.807) is 37.3 Å². The molecule has 0 bridgehead atoms. The van der Waals surface area contributed by atoms with Gasteiger partial charge >= 0.3 is 5.97 Å². The van der Waals surface area contributed by atoms with E-state index >= 15 is 0 Å². The molecule has 1 aromatic heterocycles. The van der Waals surface area contributed by atoms with Crippen molar-refractivity contribution in [2.24, 2.45) is 5.73 Å². The molecule has 0 saturated heterocycles. The number of hydrogen-bond acceptors (Lipinski definition) is 7. The molecule has 8 nitrogen and oxygen atoms in total. The van der Waals surface area contributed by atoms with Crippen LogP contribution in [-0.2, 0) is 29.3 Å². The molecule has 0 saturated carbocycles. The Balaban J connectivity index is 1.77. The minimum absolute atomic E-state index is 0.0685. The number of benzene rings is 1. The van der Waals surface area contributed by atoms with Crippen molar-refractivity contribution in [1.29, 1.82) is 0 Å². The molecule has 9 heteroatoms. The first-order valence-corrected chi connectivity index (χ1v) is 10.9. The summed E-state index contributed by atoms with van der Waals surface area (Å²) in [7, 11) is 0. The third-order valence-corrected chi connectivity index (χ3v) is 6.54. The molecule has 2 aromatic rings. The highest BCUT2D eigenvalue weighted by atomic mass is 79.9. The lowest BCUT2D eigenvalue weighted by molar-refractivity contribution is -0.141. The Hall–Kier alpha value is -3.33. The van der Waals surface area contributed by atoms with Crippen LogP contribution in [0.2, 0.25) is 0 Å². The van der Waals surface area contributed by atoms with Crippen LogP contribution in [0.1, 0.15) is 37.0 Å². The van der Waals surface area contributed by atoms with Crippen LogP contribution in [0.5, 0.6) is 0 Å². The summed E-state index contributed by atoms with van der Waals surface area (Å²) in [6.45, 7) is 1.72. The van der Waals surface area contributed by atoms with Gasteiger partial charge in [0.1, 0.15) is 22.5 Å². The SMILES string of the molecule is CCOC(=O)C1=C(N)OC2=C(C(=O)C[C@H](c3ccco3)C2)[C@]12C(=O)Nc1ccc(Br)cc12. The molecule has 0 fully saturated rings. The number of allylic oxidation sites excluding steroid dienone is 1. The zero-order valence-electron chi connectivity index (χ0n) is 17.1. The summed E-state index contributed by atoms with van der Waals surface area (Å²) in [6, 6.07) is 8.72. The maximum Gasteiger partial charge on any atom is 0.341 e. The number of carbonyl (C=O) groups excluding carboxylic acids is 3. The third kappa shape index (κ3) is 2.77. The molecule has 1 aromatic carbocycles. The van der Waals surface area contributed by atoms with E-state index in [0.29, 0.717) is 27.9 Å². The topological polar surface area (TPSA) is 121 Å². The lowest BCUT2D eigenvalue weighted by Gasteiger charge is -2.39. The van der Waals surface area contributed by atoms with Gasteiger partial charge in [0.25, 0.3) is 0 Å². The van der Waals surface area contributed by atoms with Crippen molar-refractivity contribution in [1.82, 2.24) is 0 Å². The second-order valence-electron chi connectivity index (χ2n) is 7.80. The lowest BCUT2D eigenvalue weighted by atomic mass is 9.63. The normalized spacial score (nSPS) is 24.2. The highest BCUT2D eigenvalue weighted by Gasteiger charge is 2.62. The molecule has 5 rings (SSSR count). The van der Waals surface area contributed by atoms with Crippen LogP contribution >= 0.6 is 15.9 Å². The fourth-order valence-corrected chi connectivity index (χ4v) is 5.20. The number of esters is 1. The van der Waals surface area contributed by atoms with Gasteiger partial charge in [-0.2, -0.15) is 0 Å². The van der Waals surface area contributed by atoms with Gasteiger partial charge in [0, 0.05) is 34.5 Å². The number of ether oxygens (including phenoxy) is 2. The van der Waals surface area contributed by atoms with Crippen molar-refractivity contribution in [3.05, 3.63) is 75.2 Å². The van der Waals surface area contributed by atoms with Crippen molar-refractivity contribution in [2.75, 3.05) is 11.9 Å². The van der Waals surface area contributed by atoms with Gasteiger partial charge in [-0.3, -0.25) is 9.59 Å². The number of fused-ring (bicyclic) bond motifs is 3. The van der Waals surface area contributed by atoms with Crippen LogP contribution in [0.3, 0.4) is 0 Å². The van der Waals surface area contributed by atoms with E-state index in [2.05, 4.69) is 21.2 Å². The van der Waals surface area contributed by atoms with Gasteiger partial charge in [-0.1, -0.05) is 15.9 Å². The van der Waals surface area contributed by atoms with E-state index < -0.39 is 17.3 Å². The number of nitrogens with two attached hydrogens (primary N) is 1. The van der Waals surface area contributed by atoms with Crippen molar-refractivity contribution in [3.8, 4) is 0 Å². The van der Waals surface area contributed by atoms with Gasteiger partial charge in [0.05, 0.1) is 18.4 Å². The molecule has 3 heterocycles. The van der Waals surface area contributed by atoms with Crippen molar-refractivity contribution in [3.63, 3.8) is 0 Å². The molecule has 0 radical (unpaired) electrons. The molecule has 0 unspecified atom stereocenters. The average molecular weight is 499 g/mol. The number of furan rings is 1. The van der Waals surface area contributed by atoms with E-state index in [9.17, 15) is 14.4 Å². The first kappa shape index (κ1) is 20.6. The average Bonchev–Trinajstić information content (AvgIpc) is 3.36. The van der Waals surface area contributed by atoms with Gasteiger partial charge in [-0.05, 0) is 37.3 Å². The van der Waals surface area contributed by atoms with Gasteiger partial charge in [-0.15, -0.1) is 0 Å². The van der Waals surface area contributed by atoms with Crippen LogP contribution in [-0.4, -0.2) is 24.3 Å². The first-order chi connectivity index (χ1) is 15.4. The summed E-state index contributed by atoms with van der Waals surface area (Å²) >= 11 is 3.43. The number of nitrogens with one attached hydrogen (secondary N) is 1. The third-order valence-electron chi connectivity index (χ3n) is 6.05. The Morgan fingerprint density at radius 2 is 2.12 bits per heavy atom. The van der Waals surface area contributed by atoms with E-state index in [1.165, 1.54) is 6.26 Å². The highest BCUT2D eigenvalue weighted by Crippen LogP contribution is 2.56. The monoisotopic (exact) mass is 498 g/mol. The first-order valence-electron chi connectivity index (χ1n) is 10.1. The number of anilines is 1. The van der Waals surface area contributed by atoms with Crippen molar-refractivity contribution >= 4 is 39.3 Å². The second-order valence-corrected chi connectivity index (χ2v) is 8.71. The Bertz CT molecular complexity index is 1230. The molecule has 1 aliphatic carbocycles. The summed E-state index contributed by atoms with van der Waals surface area (Å²) in [5, 5.41) is 2.81. The number of rotatable bonds is 3. The molecule has 3 N–H and O–H groups in total. The summed E-state index contributed by atoms with van der Waals surface area (Å²) < 4.78 is 17.2. The molecule has 32 heavy (non-hydrogen) atoms. The summed E-state index contributed by atoms with van der Waals surface area (Å²) in [6.07, 6.45) is 1.94. The molecule has 1 amide bonds. The minimum Gasteiger partial charge on any atom is -0.469 e. The number of ketones is 1. The van der Waals surface area contributed by atoms with Crippen LogP contribution in [0.15, 0.2) is 68.3 Å². The number of halogens is 1. The molecule has 2 atom stereocenters. The number of carbonyl (C=O) groups is 3. The van der Waals surface area contributed by atoms with E-state index in [4.69, 9.17) is 19.6 Å². The fraction of sp³-hybridized carbons (Fsp3) is 0.261. The predicted molar refractivity (Wildman–Crippen MR) is 116 cm³/mol. The number of Topliss-reactive ketones (excluding diaryl/α,β-unsaturated/α-hetero) is 1. The zero-order chi connectivity index (χ0) is 22.6.